The molecule has 4 heteroatoms. The van der Waals surface area contributed by atoms with Crippen LogP contribution in [0.2, 0.25) is 0 Å². The van der Waals surface area contributed by atoms with E-state index in [1.807, 2.05) is 62.4 Å². The molecule has 0 radical (unpaired) electrons. The highest BCUT2D eigenvalue weighted by Gasteiger charge is 2.29. The fourth-order valence-electron chi connectivity index (χ4n) is 3.33. The van der Waals surface area contributed by atoms with Gasteiger partial charge in [-0.3, -0.25) is 9.59 Å². The minimum atomic E-state index is -0.241. The first-order chi connectivity index (χ1) is 12.8. The van der Waals surface area contributed by atoms with E-state index < -0.39 is 0 Å². The van der Waals surface area contributed by atoms with Crippen LogP contribution in [0.5, 0.6) is 0 Å². The monoisotopic (exact) mass is 366 g/mol. The Morgan fingerprint density at radius 1 is 1.00 bits per heavy atom. The van der Waals surface area contributed by atoms with Crippen LogP contribution in [-0.2, 0) is 9.59 Å². The average Bonchev–Trinajstić information content (AvgIpc) is 2.65. The average molecular weight is 367 g/mol. The van der Waals surface area contributed by atoms with Crippen LogP contribution in [0.1, 0.15) is 42.9 Å². The van der Waals surface area contributed by atoms with E-state index in [1.165, 1.54) is 4.90 Å². The summed E-state index contributed by atoms with van der Waals surface area (Å²) in [6.45, 7) is 8.13. The topological polar surface area (TPSA) is 49.4 Å². The van der Waals surface area contributed by atoms with Gasteiger partial charge in [0.1, 0.15) is 0 Å². The zero-order chi connectivity index (χ0) is 20.0. The second kappa shape index (κ2) is 9.36. The second-order valence-electron chi connectivity index (χ2n) is 7.28. The maximum atomic E-state index is 13.1. The molecule has 0 heterocycles. The van der Waals surface area contributed by atoms with Gasteiger partial charge in [-0.1, -0.05) is 68.8 Å². The number of anilines is 1. The van der Waals surface area contributed by atoms with E-state index in [-0.39, 0.29) is 30.2 Å². The maximum Gasteiger partial charge on any atom is 0.243 e. The van der Waals surface area contributed by atoms with Crippen molar-refractivity contribution in [3.05, 3.63) is 65.2 Å². The van der Waals surface area contributed by atoms with Gasteiger partial charge in [0.2, 0.25) is 11.8 Å². The van der Waals surface area contributed by atoms with Crippen LogP contribution < -0.4 is 5.32 Å². The van der Waals surface area contributed by atoms with Crippen molar-refractivity contribution in [1.29, 1.82) is 0 Å². The number of hydrogen-bond acceptors (Lipinski definition) is 2. The number of hydrogen-bond donors (Lipinski definition) is 1. The Labute approximate surface area is 162 Å². The molecule has 2 aromatic carbocycles. The first kappa shape index (κ1) is 20.7. The standard InChI is InChI=1S/C23H30N2O2/c1-6-16(2)21(19-13-8-7-9-14-19)23(27)25(5)15-20(26)24-22-17(3)11-10-12-18(22)4/h7-14,16,21H,6,15H2,1-5H3,(H,24,26). The molecule has 0 fully saturated rings. The maximum absolute atomic E-state index is 13.1. The van der Waals surface area contributed by atoms with Gasteiger partial charge in [-0.25, -0.2) is 0 Å². The third kappa shape index (κ3) is 5.19. The molecule has 2 aromatic rings. The molecule has 0 bridgehead atoms. The van der Waals surface area contributed by atoms with Crippen LogP contribution in [0.15, 0.2) is 48.5 Å². The lowest BCUT2D eigenvalue weighted by molar-refractivity contribution is -0.135. The minimum Gasteiger partial charge on any atom is -0.336 e. The number of nitrogens with zero attached hydrogens (tertiary/aromatic N) is 1. The molecule has 0 aromatic heterocycles. The van der Waals surface area contributed by atoms with Gasteiger partial charge in [0.25, 0.3) is 0 Å². The normalized spacial score (nSPS) is 12.9. The van der Waals surface area contributed by atoms with E-state index in [1.54, 1.807) is 7.05 Å². The molecule has 0 aliphatic heterocycles. The summed E-state index contributed by atoms with van der Waals surface area (Å²) in [5.74, 6) is -0.246. The van der Waals surface area contributed by atoms with Crippen LogP contribution in [-0.4, -0.2) is 30.3 Å². The molecule has 2 amide bonds. The summed E-state index contributed by atoms with van der Waals surface area (Å²) >= 11 is 0. The molecule has 2 unspecified atom stereocenters. The van der Waals surface area contributed by atoms with E-state index in [0.29, 0.717) is 0 Å². The van der Waals surface area contributed by atoms with Crippen LogP contribution in [0.3, 0.4) is 0 Å². The van der Waals surface area contributed by atoms with Crippen molar-refractivity contribution in [2.45, 2.75) is 40.0 Å². The molecular weight excluding hydrogens is 336 g/mol. The van der Waals surface area contributed by atoms with Crippen LogP contribution in [0.4, 0.5) is 5.69 Å². The number of benzene rings is 2. The molecule has 2 rings (SSSR count). The van der Waals surface area contributed by atoms with Crippen LogP contribution in [0.25, 0.3) is 0 Å². The Balaban J connectivity index is 2.11. The molecule has 0 saturated heterocycles. The predicted octanol–water partition coefficient (Wildman–Crippen LogP) is 4.53. The third-order valence-electron chi connectivity index (χ3n) is 5.14. The highest BCUT2D eigenvalue weighted by molar-refractivity contribution is 5.96. The number of para-hydroxylation sites is 1. The zero-order valence-electron chi connectivity index (χ0n) is 17.0. The van der Waals surface area contributed by atoms with Gasteiger partial charge < -0.3 is 10.2 Å². The molecular formula is C23H30N2O2. The first-order valence-corrected chi connectivity index (χ1v) is 9.51. The van der Waals surface area contributed by atoms with E-state index in [2.05, 4.69) is 19.2 Å². The molecule has 1 N–H and O–H groups in total. The summed E-state index contributed by atoms with van der Waals surface area (Å²) < 4.78 is 0. The van der Waals surface area contributed by atoms with Gasteiger partial charge in [0.15, 0.2) is 0 Å². The Hall–Kier alpha value is -2.62. The van der Waals surface area contributed by atoms with E-state index in [9.17, 15) is 9.59 Å². The smallest absolute Gasteiger partial charge is 0.243 e. The number of rotatable bonds is 7. The molecule has 0 aliphatic carbocycles. The van der Waals surface area contributed by atoms with Crippen molar-refractivity contribution in [2.75, 3.05) is 18.9 Å². The predicted molar refractivity (Wildman–Crippen MR) is 111 cm³/mol. The van der Waals surface area contributed by atoms with Crippen LogP contribution >= 0.6 is 0 Å². The van der Waals surface area contributed by atoms with Crippen molar-refractivity contribution in [2.24, 2.45) is 5.92 Å². The molecule has 0 saturated carbocycles. The van der Waals surface area contributed by atoms with Gasteiger partial charge in [-0.2, -0.15) is 0 Å². The van der Waals surface area contributed by atoms with Gasteiger partial charge in [-0.15, -0.1) is 0 Å². The lowest BCUT2D eigenvalue weighted by Gasteiger charge is -2.27. The first-order valence-electron chi connectivity index (χ1n) is 9.51. The lowest BCUT2D eigenvalue weighted by atomic mass is 9.84. The lowest BCUT2D eigenvalue weighted by Crippen LogP contribution is -2.39. The van der Waals surface area contributed by atoms with Gasteiger partial charge in [0, 0.05) is 12.7 Å². The number of aryl methyl sites for hydroxylation is 2. The van der Waals surface area contributed by atoms with Crippen molar-refractivity contribution in [3.63, 3.8) is 0 Å². The number of amides is 2. The number of likely N-dealkylation sites (N-methyl/N-ethyl adjacent to an activating group) is 1. The quantitative estimate of drug-likeness (QED) is 0.783. The van der Waals surface area contributed by atoms with Crippen molar-refractivity contribution >= 4 is 17.5 Å². The summed E-state index contributed by atoms with van der Waals surface area (Å²) in [4.78, 5) is 27.2. The summed E-state index contributed by atoms with van der Waals surface area (Å²) in [5, 5.41) is 2.95. The molecule has 27 heavy (non-hydrogen) atoms. The Bertz CT molecular complexity index is 766. The number of nitrogens with one attached hydrogen (secondary N) is 1. The largest absolute Gasteiger partial charge is 0.336 e. The fraction of sp³-hybridized carbons (Fsp3) is 0.391. The van der Waals surface area contributed by atoms with E-state index >= 15 is 0 Å². The van der Waals surface area contributed by atoms with Crippen molar-refractivity contribution < 1.29 is 9.59 Å². The summed E-state index contributed by atoms with van der Waals surface area (Å²) in [6, 6.07) is 15.7. The molecule has 0 aliphatic rings. The second-order valence-corrected chi connectivity index (χ2v) is 7.28. The minimum absolute atomic E-state index is 0.0211. The highest BCUT2D eigenvalue weighted by atomic mass is 16.2. The Kier molecular flexibility index (Phi) is 7.17. The summed E-state index contributed by atoms with van der Waals surface area (Å²) in [7, 11) is 1.70. The molecule has 4 nitrogen and oxygen atoms in total. The molecule has 2 atom stereocenters. The van der Waals surface area contributed by atoms with Crippen molar-refractivity contribution in [3.8, 4) is 0 Å². The molecule has 144 valence electrons. The number of carbonyl (C=O) groups is 2. The summed E-state index contributed by atoms with van der Waals surface area (Å²) in [5.41, 5.74) is 3.85. The SMILES string of the molecule is CCC(C)C(C(=O)N(C)CC(=O)Nc1c(C)cccc1C)c1ccccc1. The Morgan fingerprint density at radius 2 is 1.59 bits per heavy atom. The summed E-state index contributed by atoms with van der Waals surface area (Å²) in [6.07, 6.45) is 0.897. The fourth-order valence-corrected chi connectivity index (χ4v) is 3.33. The van der Waals surface area contributed by atoms with Gasteiger partial charge >= 0.3 is 0 Å². The highest BCUT2D eigenvalue weighted by Crippen LogP contribution is 2.28. The Morgan fingerprint density at radius 3 is 2.15 bits per heavy atom. The van der Waals surface area contributed by atoms with Crippen LogP contribution in [0, 0.1) is 19.8 Å². The van der Waals surface area contributed by atoms with Crippen molar-refractivity contribution in [1.82, 2.24) is 4.90 Å². The number of carbonyl (C=O) groups excluding carboxylic acids is 2. The van der Waals surface area contributed by atoms with E-state index in [4.69, 9.17) is 0 Å². The zero-order valence-corrected chi connectivity index (χ0v) is 17.0. The molecule has 0 spiro atoms. The van der Waals surface area contributed by atoms with Gasteiger partial charge in [-0.05, 0) is 36.5 Å². The third-order valence-corrected chi connectivity index (χ3v) is 5.14. The van der Waals surface area contributed by atoms with E-state index in [0.717, 1.165) is 28.8 Å². The van der Waals surface area contributed by atoms with Gasteiger partial charge in [0.05, 0.1) is 12.5 Å².